The lowest BCUT2D eigenvalue weighted by atomic mass is 10.0. The Hall–Kier alpha value is -4.28. The molecule has 162 valence electrons. The number of benzene rings is 1. The molecule has 11 heteroatoms. The zero-order valence-electron chi connectivity index (χ0n) is 16.8. The van der Waals surface area contributed by atoms with Gasteiger partial charge in [-0.1, -0.05) is 17.3 Å². The van der Waals surface area contributed by atoms with Crippen LogP contribution in [0.1, 0.15) is 27.9 Å². The topological polar surface area (TPSA) is 126 Å². The molecule has 2 amide bonds. The van der Waals surface area contributed by atoms with E-state index < -0.39 is 17.8 Å². The molecule has 0 unspecified atom stereocenters. The first-order valence-corrected chi connectivity index (χ1v) is 9.75. The van der Waals surface area contributed by atoms with E-state index in [2.05, 4.69) is 20.4 Å². The van der Waals surface area contributed by atoms with Gasteiger partial charge >= 0.3 is 6.09 Å². The maximum Gasteiger partial charge on any atom is 0.407 e. The van der Waals surface area contributed by atoms with Crippen LogP contribution in [-0.2, 0) is 0 Å². The Labute approximate surface area is 180 Å². The standard InChI is InChI=1S/C21H17FN6O4/c1-11-2-3-12(18-25-20(32-26-18)13-9-27(10-13)21(30)31)6-15(11)24-19(29)16-8-23-17-7-14(22)4-5-28(16)17/h2-8,13H,9-10H2,1H3,(H,24,29)(H,30,31). The van der Waals surface area contributed by atoms with Crippen LogP contribution in [0.3, 0.4) is 0 Å². The molecule has 5 rings (SSSR count). The van der Waals surface area contributed by atoms with E-state index in [0.29, 0.717) is 41.7 Å². The van der Waals surface area contributed by atoms with Crippen LogP contribution in [0.2, 0.25) is 0 Å². The summed E-state index contributed by atoms with van der Waals surface area (Å²) in [7, 11) is 0. The van der Waals surface area contributed by atoms with E-state index in [1.807, 2.05) is 13.0 Å². The predicted molar refractivity (Wildman–Crippen MR) is 110 cm³/mol. The SMILES string of the molecule is Cc1ccc(-c2noc(C3CN(C(=O)O)C3)n2)cc1NC(=O)c1cnc2cc(F)ccn12. The van der Waals surface area contributed by atoms with Gasteiger partial charge in [0.05, 0.1) is 12.1 Å². The third-order valence-corrected chi connectivity index (χ3v) is 5.39. The van der Waals surface area contributed by atoms with Crippen LogP contribution in [0.5, 0.6) is 0 Å². The maximum atomic E-state index is 13.4. The summed E-state index contributed by atoms with van der Waals surface area (Å²) in [6.45, 7) is 2.48. The molecule has 2 N–H and O–H groups in total. The fourth-order valence-electron chi connectivity index (χ4n) is 3.52. The summed E-state index contributed by atoms with van der Waals surface area (Å²) >= 11 is 0. The number of carboxylic acid groups (broad SMARTS) is 1. The molecular formula is C21H17FN6O4. The summed E-state index contributed by atoms with van der Waals surface area (Å²) in [4.78, 5) is 33.5. The van der Waals surface area contributed by atoms with Gasteiger partial charge < -0.3 is 19.8 Å². The Balaban J connectivity index is 1.36. The van der Waals surface area contributed by atoms with Gasteiger partial charge in [0.1, 0.15) is 17.2 Å². The zero-order valence-corrected chi connectivity index (χ0v) is 16.8. The number of likely N-dealkylation sites (tertiary alicyclic amines) is 1. The van der Waals surface area contributed by atoms with Crippen LogP contribution in [-0.4, -0.2) is 54.6 Å². The second-order valence-electron chi connectivity index (χ2n) is 7.54. The van der Waals surface area contributed by atoms with Gasteiger partial charge in [0.15, 0.2) is 0 Å². The van der Waals surface area contributed by atoms with Gasteiger partial charge in [0.25, 0.3) is 5.91 Å². The molecule has 0 saturated carbocycles. The number of aryl methyl sites for hydroxylation is 1. The van der Waals surface area contributed by atoms with Gasteiger partial charge in [0, 0.05) is 36.6 Å². The summed E-state index contributed by atoms with van der Waals surface area (Å²) in [6.07, 6.45) is 1.85. The van der Waals surface area contributed by atoms with Crippen LogP contribution in [0.25, 0.3) is 17.0 Å². The van der Waals surface area contributed by atoms with E-state index in [4.69, 9.17) is 9.63 Å². The number of fused-ring (bicyclic) bond motifs is 1. The monoisotopic (exact) mass is 436 g/mol. The largest absolute Gasteiger partial charge is 0.465 e. The van der Waals surface area contributed by atoms with Crippen LogP contribution < -0.4 is 5.32 Å². The molecule has 32 heavy (non-hydrogen) atoms. The average molecular weight is 436 g/mol. The lowest BCUT2D eigenvalue weighted by molar-refractivity contribution is 0.0958. The van der Waals surface area contributed by atoms with Crippen molar-refractivity contribution in [3.8, 4) is 11.4 Å². The Kier molecular flexibility index (Phi) is 4.58. The van der Waals surface area contributed by atoms with Crippen molar-refractivity contribution < 1.29 is 23.6 Å². The normalized spacial score (nSPS) is 13.9. The number of hydrogen-bond acceptors (Lipinski definition) is 6. The highest BCUT2D eigenvalue weighted by Crippen LogP contribution is 2.29. The van der Waals surface area contributed by atoms with Crippen LogP contribution in [0.15, 0.2) is 47.2 Å². The van der Waals surface area contributed by atoms with Crippen molar-refractivity contribution >= 4 is 23.3 Å². The Morgan fingerprint density at radius 2 is 2.06 bits per heavy atom. The van der Waals surface area contributed by atoms with E-state index >= 15 is 0 Å². The molecule has 0 atom stereocenters. The molecule has 3 aromatic heterocycles. The first-order chi connectivity index (χ1) is 15.4. The van der Waals surface area contributed by atoms with Crippen molar-refractivity contribution in [1.29, 1.82) is 0 Å². The molecule has 0 radical (unpaired) electrons. The number of imidazole rings is 1. The quantitative estimate of drug-likeness (QED) is 0.503. The fourth-order valence-corrected chi connectivity index (χ4v) is 3.52. The van der Waals surface area contributed by atoms with Gasteiger partial charge in [-0.3, -0.25) is 9.20 Å². The summed E-state index contributed by atoms with van der Waals surface area (Å²) in [5.74, 6) is -0.245. The molecule has 10 nitrogen and oxygen atoms in total. The van der Waals surface area contributed by atoms with E-state index in [1.165, 1.54) is 33.8 Å². The molecule has 4 heterocycles. The van der Waals surface area contributed by atoms with E-state index in [1.54, 1.807) is 12.1 Å². The smallest absolute Gasteiger partial charge is 0.407 e. The molecule has 1 saturated heterocycles. The number of hydrogen-bond donors (Lipinski definition) is 2. The third kappa shape index (κ3) is 3.43. The molecule has 1 aliphatic rings. The molecular weight excluding hydrogens is 419 g/mol. The minimum atomic E-state index is -0.976. The number of carbonyl (C=O) groups is 2. The number of halogens is 1. The van der Waals surface area contributed by atoms with Gasteiger partial charge in [-0.2, -0.15) is 4.98 Å². The van der Waals surface area contributed by atoms with Crippen LogP contribution >= 0.6 is 0 Å². The number of nitrogens with zero attached hydrogens (tertiary/aromatic N) is 5. The number of carbonyl (C=O) groups excluding carboxylic acids is 1. The van der Waals surface area contributed by atoms with Crippen molar-refractivity contribution in [3.63, 3.8) is 0 Å². The summed E-state index contributed by atoms with van der Waals surface area (Å²) in [6, 6.07) is 7.85. The molecule has 4 aromatic rings. The van der Waals surface area contributed by atoms with Crippen molar-refractivity contribution in [2.45, 2.75) is 12.8 Å². The Morgan fingerprint density at radius 1 is 1.25 bits per heavy atom. The van der Waals surface area contributed by atoms with Gasteiger partial charge in [0.2, 0.25) is 11.7 Å². The molecule has 0 aliphatic carbocycles. The first-order valence-electron chi connectivity index (χ1n) is 9.75. The number of pyridine rings is 1. The number of rotatable bonds is 4. The van der Waals surface area contributed by atoms with Crippen LogP contribution in [0, 0.1) is 12.7 Å². The molecule has 1 aliphatic heterocycles. The predicted octanol–water partition coefficient (Wildman–Crippen LogP) is 3.16. The number of anilines is 1. The number of aromatic nitrogens is 4. The lowest BCUT2D eigenvalue weighted by Gasteiger charge is -2.34. The van der Waals surface area contributed by atoms with Crippen molar-refractivity contribution in [2.75, 3.05) is 18.4 Å². The second kappa shape index (κ2) is 7.45. The highest BCUT2D eigenvalue weighted by Gasteiger charge is 2.35. The zero-order chi connectivity index (χ0) is 22.4. The minimum absolute atomic E-state index is 0.128. The summed E-state index contributed by atoms with van der Waals surface area (Å²) < 4.78 is 20.2. The molecule has 0 spiro atoms. The van der Waals surface area contributed by atoms with Crippen molar-refractivity contribution in [2.24, 2.45) is 0 Å². The third-order valence-electron chi connectivity index (χ3n) is 5.39. The van der Waals surface area contributed by atoms with E-state index in [9.17, 15) is 14.0 Å². The first kappa shape index (κ1) is 19.7. The number of amides is 2. The summed E-state index contributed by atoms with van der Waals surface area (Å²) in [5.41, 5.74) is 2.60. The highest BCUT2D eigenvalue weighted by atomic mass is 19.1. The Bertz CT molecular complexity index is 1360. The number of nitrogens with one attached hydrogen (secondary N) is 1. The van der Waals surface area contributed by atoms with Crippen molar-refractivity contribution in [3.05, 3.63) is 65.7 Å². The Morgan fingerprint density at radius 3 is 2.84 bits per heavy atom. The second-order valence-corrected chi connectivity index (χ2v) is 7.54. The van der Waals surface area contributed by atoms with E-state index in [-0.39, 0.29) is 11.6 Å². The van der Waals surface area contributed by atoms with E-state index in [0.717, 1.165) is 5.56 Å². The van der Waals surface area contributed by atoms with Gasteiger partial charge in [-0.05, 0) is 24.6 Å². The molecule has 1 aromatic carbocycles. The maximum absolute atomic E-state index is 13.4. The minimum Gasteiger partial charge on any atom is -0.465 e. The highest BCUT2D eigenvalue weighted by molar-refractivity contribution is 6.04. The van der Waals surface area contributed by atoms with Crippen LogP contribution in [0.4, 0.5) is 14.9 Å². The molecule has 1 fully saturated rings. The van der Waals surface area contributed by atoms with Gasteiger partial charge in [-0.15, -0.1) is 0 Å². The molecule has 0 bridgehead atoms. The fraction of sp³-hybridized carbons (Fsp3) is 0.190. The van der Waals surface area contributed by atoms with Crippen molar-refractivity contribution in [1.82, 2.24) is 24.4 Å². The van der Waals surface area contributed by atoms with Gasteiger partial charge in [-0.25, -0.2) is 14.2 Å². The lowest BCUT2D eigenvalue weighted by Crippen LogP contribution is -2.47. The summed E-state index contributed by atoms with van der Waals surface area (Å²) in [5, 5.41) is 15.8. The average Bonchev–Trinajstić information content (AvgIpc) is 3.35.